The third-order valence-corrected chi connectivity index (χ3v) is 4.97. The van der Waals surface area contributed by atoms with Gasteiger partial charge >= 0.3 is 0 Å². The number of aryl methyl sites for hydroxylation is 2. The minimum atomic E-state index is 0.278. The molecule has 0 spiro atoms. The molecule has 1 aromatic rings. The van der Waals surface area contributed by atoms with Crippen molar-refractivity contribution in [1.82, 2.24) is 14.7 Å². The minimum Gasteiger partial charge on any atom is -0.340 e. The molecule has 0 N–H and O–H groups in total. The topological polar surface area (TPSA) is 61.9 Å². The summed E-state index contributed by atoms with van der Waals surface area (Å²) in [5.41, 5.74) is 3.25. The van der Waals surface area contributed by atoms with Crippen LogP contribution in [0.25, 0.3) is 0 Å². The van der Waals surface area contributed by atoms with Gasteiger partial charge in [-0.15, -0.1) is 0 Å². The molecule has 1 fully saturated rings. The second-order valence-corrected chi connectivity index (χ2v) is 6.43. The van der Waals surface area contributed by atoms with Gasteiger partial charge in [-0.1, -0.05) is 6.92 Å². The highest BCUT2D eigenvalue weighted by Gasteiger charge is 2.25. The van der Waals surface area contributed by atoms with Crippen molar-refractivity contribution < 1.29 is 4.79 Å². The van der Waals surface area contributed by atoms with Crippen molar-refractivity contribution in [2.75, 3.05) is 6.54 Å². The van der Waals surface area contributed by atoms with E-state index in [1.807, 2.05) is 18.5 Å². The highest BCUT2D eigenvalue weighted by atomic mass is 16.2. The van der Waals surface area contributed by atoms with Crippen LogP contribution in [-0.4, -0.2) is 33.2 Å². The molecule has 2 heterocycles. The number of nitriles is 1. The molecule has 1 amide bonds. The van der Waals surface area contributed by atoms with Gasteiger partial charge in [-0.25, -0.2) is 0 Å². The maximum absolute atomic E-state index is 12.6. The number of hydrogen-bond acceptors (Lipinski definition) is 3. The number of carbonyl (C=O) groups excluding carboxylic acids is 1. The van der Waals surface area contributed by atoms with Gasteiger partial charge in [0.2, 0.25) is 5.91 Å². The predicted octanol–water partition coefficient (Wildman–Crippen LogP) is 3.14. The Morgan fingerprint density at radius 3 is 2.87 bits per heavy atom. The third-order valence-electron chi connectivity index (χ3n) is 4.97. The normalized spacial score (nSPS) is 18.0. The van der Waals surface area contributed by atoms with Gasteiger partial charge in [0.1, 0.15) is 0 Å². The van der Waals surface area contributed by atoms with Crippen molar-refractivity contribution in [3.05, 3.63) is 17.0 Å². The third kappa shape index (κ3) is 4.13. The van der Waals surface area contributed by atoms with Gasteiger partial charge in [-0.2, -0.15) is 10.4 Å². The van der Waals surface area contributed by atoms with E-state index in [1.54, 1.807) is 0 Å². The summed E-state index contributed by atoms with van der Waals surface area (Å²) in [5.74, 6) is 0.278. The van der Waals surface area contributed by atoms with E-state index in [0.717, 1.165) is 43.6 Å². The van der Waals surface area contributed by atoms with Crippen LogP contribution >= 0.6 is 0 Å². The largest absolute Gasteiger partial charge is 0.340 e. The average molecular weight is 316 g/mol. The lowest BCUT2D eigenvalue weighted by Crippen LogP contribution is -2.43. The summed E-state index contributed by atoms with van der Waals surface area (Å²) in [6, 6.07) is 2.58. The molecule has 0 saturated carbocycles. The van der Waals surface area contributed by atoms with Gasteiger partial charge in [0.25, 0.3) is 0 Å². The van der Waals surface area contributed by atoms with E-state index in [1.165, 1.54) is 12.0 Å². The Kier molecular flexibility index (Phi) is 6.20. The van der Waals surface area contributed by atoms with Crippen LogP contribution in [0, 0.1) is 25.2 Å². The number of nitrogens with zero attached hydrogens (tertiary/aromatic N) is 4. The van der Waals surface area contributed by atoms with Crippen LogP contribution in [0.15, 0.2) is 0 Å². The first-order valence-corrected chi connectivity index (χ1v) is 8.77. The van der Waals surface area contributed by atoms with Crippen LogP contribution in [0.1, 0.15) is 62.4 Å². The molecule has 5 heteroatoms. The lowest BCUT2D eigenvalue weighted by Gasteiger charge is -2.35. The lowest BCUT2D eigenvalue weighted by atomic mass is 9.98. The Balaban J connectivity index is 1.99. The Hall–Kier alpha value is -1.83. The van der Waals surface area contributed by atoms with Gasteiger partial charge < -0.3 is 4.90 Å². The maximum atomic E-state index is 12.6. The fraction of sp³-hybridized carbons (Fsp3) is 0.722. The van der Waals surface area contributed by atoms with Crippen molar-refractivity contribution in [3.8, 4) is 6.07 Å². The SMILES string of the molecule is CCC1CCCCN1C(=O)CCc1c(C)nn(CCC#N)c1C. The first kappa shape index (κ1) is 17.5. The number of likely N-dealkylation sites (tertiary alicyclic amines) is 1. The number of piperidine rings is 1. The van der Waals surface area contributed by atoms with E-state index in [0.29, 0.717) is 25.4 Å². The molecule has 1 aliphatic rings. The quantitative estimate of drug-likeness (QED) is 0.810. The van der Waals surface area contributed by atoms with Gasteiger partial charge in [0.15, 0.2) is 0 Å². The Morgan fingerprint density at radius 2 is 2.17 bits per heavy atom. The maximum Gasteiger partial charge on any atom is 0.223 e. The molecule has 23 heavy (non-hydrogen) atoms. The molecular formula is C18H28N4O. The zero-order valence-electron chi connectivity index (χ0n) is 14.6. The number of aromatic nitrogens is 2. The molecule has 0 aromatic carbocycles. The summed E-state index contributed by atoms with van der Waals surface area (Å²) in [4.78, 5) is 14.7. The summed E-state index contributed by atoms with van der Waals surface area (Å²) in [6.07, 6.45) is 6.34. The highest BCUT2D eigenvalue weighted by molar-refractivity contribution is 5.77. The summed E-state index contributed by atoms with van der Waals surface area (Å²) in [5, 5.41) is 13.2. The fourth-order valence-corrected chi connectivity index (χ4v) is 3.60. The summed E-state index contributed by atoms with van der Waals surface area (Å²) in [7, 11) is 0. The summed E-state index contributed by atoms with van der Waals surface area (Å²) in [6.45, 7) is 7.74. The standard InChI is InChI=1S/C18H28N4O/c1-4-16-8-5-6-12-21(16)18(23)10-9-17-14(2)20-22(15(17)3)13-7-11-19/h16H,4-10,12-13H2,1-3H3. The smallest absolute Gasteiger partial charge is 0.223 e. The highest BCUT2D eigenvalue weighted by Crippen LogP contribution is 2.22. The molecule has 0 bridgehead atoms. The van der Waals surface area contributed by atoms with Gasteiger partial charge in [0, 0.05) is 24.7 Å². The molecule has 1 aliphatic heterocycles. The van der Waals surface area contributed by atoms with E-state index >= 15 is 0 Å². The van der Waals surface area contributed by atoms with Gasteiger partial charge in [-0.05, 0) is 51.5 Å². The lowest BCUT2D eigenvalue weighted by molar-refractivity contribution is -0.134. The minimum absolute atomic E-state index is 0.278. The molecule has 1 atom stereocenters. The second-order valence-electron chi connectivity index (χ2n) is 6.43. The number of amides is 1. The first-order valence-electron chi connectivity index (χ1n) is 8.77. The monoisotopic (exact) mass is 316 g/mol. The molecular weight excluding hydrogens is 288 g/mol. The van der Waals surface area contributed by atoms with Crippen molar-refractivity contribution in [2.45, 2.75) is 78.3 Å². The molecule has 5 nitrogen and oxygen atoms in total. The van der Waals surface area contributed by atoms with Gasteiger partial charge in [-0.3, -0.25) is 9.48 Å². The Bertz CT molecular complexity index is 585. The fourth-order valence-electron chi connectivity index (χ4n) is 3.60. The number of rotatable bonds is 6. The number of hydrogen-bond donors (Lipinski definition) is 0. The van der Waals surface area contributed by atoms with Crippen LogP contribution < -0.4 is 0 Å². The van der Waals surface area contributed by atoms with E-state index in [9.17, 15) is 4.79 Å². The second kappa shape index (κ2) is 8.14. The van der Waals surface area contributed by atoms with Crippen LogP contribution in [0.5, 0.6) is 0 Å². The Morgan fingerprint density at radius 1 is 1.39 bits per heavy atom. The zero-order valence-corrected chi connectivity index (χ0v) is 14.6. The van der Waals surface area contributed by atoms with Crippen molar-refractivity contribution >= 4 is 5.91 Å². The van der Waals surface area contributed by atoms with E-state index in [4.69, 9.17) is 5.26 Å². The van der Waals surface area contributed by atoms with E-state index in [-0.39, 0.29) is 5.91 Å². The molecule has 2 rings (SSSR count). The molecule has 1 aromatic heterocycles. The summed E-state index contributed by atoms with van der Waals surface area (Å²) >= 11 is 0. The Labute approximate surface area is 139 Å². The van der Waals surface area contributed by atoms with Crippen molar-refractivity contribution in [1.29, 1.82) is 5.26 Å². The summed E-state index contributed by atoms with van der Waals surface area (Å²) < 4.78 is 1.90. The average Bonchev–Trinajstić information content (AvgIpc) is 2.84. The predicted molar refractivity (Wildman–Crippen MR) is 89.9 cm³/mol. The van der Waals surface area contributed by atoms with Crippen LogP contribution in [0.4, 0.5) is 0 Å². The molecule has 1 saturated heterocycles. The van der Waals surface area contributed by atoms with E-state index in [2.05, 4.69) is 23.0 Å². The van der Waals surface area contributed by atoms with Crippen LogP contribution in [-0.2, 0) is 17.8 Å². The molecule has 1 unspecified atom stereocenters. The van der Waals surface area contributed by atoms with E-state index < -0.39 is 0 Å². The molecule has 0 aliphatic carbocycles. The molecule has 0 radical (unpaired) electrons. The van der Waals surface area contributed by atoms with Gasteiger partial charge in [0.05, 0.1) is 24.7 Å². The molecule has 126 valence electrons. The first-order chi connectivity index (χ1) is 11.1. The van der Waals surface area contributed by atoms with Crippen molar-refractivity contribution in [2.24, 2.45) is 0 Å². The van der Waals surface area contributed by atoms with Crippen molar-refractivity contribution in [3.63, 3.8) is 0 Å². The zero-order chi connectivity index (χ0) is 16.8. The number of carbonyl (C=O) groups is 1. The van der Waals surface area contributed by atoms with Crippen LogP contribution in [0.3, 0.4) is 0 Å². The van der Waals surface area contributed by atoms with Crippen LogP contribution in [0.2, 0.25) is 0 Å².